The van der Waals surface area contributed by atoms with Gasteiger partial charge >= 0.3 is 0 Å². The molecule has 0 amide bonds. The van der Waals surface area contributed by atoms with E-state index in [1.807, 2.05) is 12.1 Å². The maximum atomic E-state index is 13.1. The average Bonchev–Trinajstić information content (AvgIpc) is 2.54. The van der Waals surface area contributed by atoms with E-state index in [9.17, 15) is 13.3 Å². The number of rotatable bonds is 7. The fourth-order valence-corrected chi connectivity index (χ4v) is 5.34. The van der Waals surface area contributed by atoms with Crippen LogP contribution in [0.5, 0.6) is 5.75 Å². The molecule has 1 aliphatic carbocycles. The standard InChI is InChI=1S/C19H28O4S/c1-3-5-9-17-10-12-18(13-11-17)23-24(20,21,22)19(14-4-2)15-7-6-8-16-19/h2,10-13H,3,5-9,14-16H2,1H3,(H2,20,21,22). The minimum Gasteiger partial charge on any atom is -0.385 e. The van der Waals surface area contributed by atoms with Crippen LogP contribution in [-0.4, -0.2) is 18.1 Å². The van der Waals surface area contributed by atoms with Crippen LogP contribution in [0.3, 0.4) is 0 Å². The lowest BCUT2D eigenvalue weighted by Gasteiger charge is -2.49. The molecule has 1 saturated carbocycles. The summed E-state index contributed by atoms with van der Waals surface area (Å²) < 4.78 is 38.4. The maximum absolute atomic E-state index is 13.1. The van der Waals surface area contributed by atoms with E-state index in [0.717, 1.165) is 44.1 Å². The van der Waals surface area contributed by atoms with Gasteiger partial charge in [0.25, 0.3) is 0 Å². The molecule has 0 unspecified atom stereocenters. The zero-order valence-electron chi connectivity index (χ0n) is 14.4. The molecule has 2 N–H and O–H groups in total. The Labute approximate surface area is 145 Å². The summed E-state index contributed by atoms with van der Waals surface area (Å²) in [7, 11) is -5.35. The first-order valence-corrected chi connectivity index (χ1v) is 10.5. The summed E-state index contributed by atoms with van der Waals surface area (Å²) in [4.78, 5) is 0. The van der Waals surface area contributed by atoms with Crippen LogP contribution in [0.2, 0.25) is 0 Å². The van der Waals surface area contributed by atoms with Gasteiger partial charge in [-0.3, -0.25) is 9.11 Å². The molecule has 0 radical (unpaired) electrons. The quantitative estimate of drug-likeness (QED) is 0.691. The topological polar surface area (TPSA) is 66.8 Å². The van der Waals surface area contributed by atoms with Crippen LogP contribution in [0.1, 0.15) is 63.9 Å². The van der Waals surface area contributed by atoms with Crippen LogP contribution >= 0.6 is 0 Å². The smallest absolute Gasteiger partial charge is 0.232 e. The van der Waals surface area contributed by atoms with Gasteiger partial charge in [0.15, 0.2) is 0 Å². The third-order valence-electron chi connectivity index (χ3n) is 4.92. The van der Waals surface area contributed by atoms with Crippen molar-refractivity contribution in [3.8, 4) is 18.1 Å². The predicted octanol–water partition coefficient (Wildman–Crippen LogP) is 4.82. The Kier molecular flexibility index (Phi) is 5.74. The molecule has 0 saturated heterocycles. The fraction of sp³-hybridized carbons (Fsp3) is 0.579. The van der Waals surface area contributed by atoms with Crippen molar-refractivity contribution in [2.75, 3.05) is 0 Å². The van der Waals surface area contributed by atoms with Crippen molar-refractivity contribution >= 4 is 9.91 Å². The Morgan fingerprint density at radius 1 is 1.21 bits per heavy atom. The molecule has 0 heterocycles. The highest BCUT2D eigenvalue weighted by Crippen LogP contribution is 2.48. The third-order valence-corrected chi connectivity index (χ3v) is 7.45. The van der Waals surface area contributed by atoms with Crippen molar-refractivity contribution < 1.29 is 17.5 Å². The Hall–Kier alpha value is -1.35. The molecule has 24 heavy (non-hydrogen) atoms. The van der Waals surface area contributed by atoms with Gasteiger partial charge in [-0.1, -0.05) is 44.7 Å². The Bertz CT molecular complexity index is 645. The summed E-state index contributed by atoms with van der Waals surface area (Å²) >= 11 is 0. The lowest BCUT2D eigenvalue weighted by molar-refractivity contribution is 0.224. The molecule has 0 bridgehead atoms. The summed E-state index contributed by atoms with van der Waals surface area (Å²) in [5.74, 6) is 2.65. The third kappa shape index (κ3) is 4.00. The van der Waals surface area contributed by atoms with Gasteiger partial charge in [-0.15, -0.1) is 12.3 Å². The molecular weight excluding hydrogens is 324 g/mol. The Morgan fingerprint density at radius 3 is 2.38 bits per heavy atom. The second-order valence-electron chi connectivity index (χ2n) is 6.75. The van der Waals surface area contributed by atoms with Crippen LogP contribution in [0, 0.1) is 12.3 Å². The first-order chi connectivity index (χ1) is 11.3. The molecule has 0 spiro atoms. The summed E-state index contributed by atoms with van der Waals surface area (Å²) in [5.41, 5.74) is 1.14. The van der Waals surface area contributed by atoms with Gasteiger partial charge in [-0.25, -0.2) is 0 Å². The summed E-state index contributed by atoms with van der Waals surface area (Å²) in [6.45, 7) is 2.13. The minimum atomic E-state index is -5.35. The van der Waals surface area contributed by atoms with Crippen molar-refractivity contribution in [2.24, 2.45) is 0 Å². The van der Waals surface area contributed by atoms with Crippen molar-refractivity contribution in [1.29, 1.82) is 0 Å². The van der Waals surface area contributed by atoms with Gasteiger partial charge in [-0.05, 0) is 43.4 Å². The van der Waals surface area contributed by atoms with Crippen LogP contribution in [0.4, 0.5) is 0 Å². The van der Waals surface area contributed by atoms with Crippen molar-refractivity contribution in [1.82, 2.24) is 0 Å². The van der Waals surface area contributed by atoms with Gasteiger partial charge in [0.05, 0.1) is 0 Å². The number of benzene rings is 1. The minimum absolute atomic E-state index is 0.0277. The van der Waals surface area contributed by atoms with Gasteiger partial charge in [0.2, 0.25) is 9.91 Å². The Morgan fingerprint density at radius 2 is 1.83 bits per heavy atom. The molecule has 0 aromatic heterocycles. The first-order valence-electron chi connectivity index (χ1n) is 8.69. The molecule has 1 aromatic rings. The monoisotopic (exact) mass is 352 g/mol. The summed E-state index contributed by atoms with van der Waals surface area (Å²) in [5, 5.41) is 0. The van der Waals surface area contributed by atoms with E-state index in [-0.39, 0.29) is 12.2 Å². The molecule has 134 valence electrons. The van der Waals surface area contributed by atoms with E-state index in [1.54, 1.807) is 12.1 Å². The SMILES string of the molecule is C#CCC1(S(=O)(O)(O)Oc2ccc(CCCC)cc2)CCCCC1. The maximum Gasteiger partial charge on any atom is 0.232 e. The number of unbranched alkanes of at least 4 members (excludes halogenated alkanes) is 1. The number of aryl methyl sites for hydroxylation is 1. The lowest BCUT2D eigenvalue weighted by Crippen LogP contribution is -2.59. The lowest BCUT2D eigenvalue weighted by atomic mass is 9.86. The number of hydrogen-bond donors (Lipinski definition) is 2. The van der Waals surface area contributed by atoms with E-state index in [4.69, 9.17) is 10.6 Å². The zero-order valence-corrected chi connectivity index (χ0v) is 15.2. The van der Waals surface area contributed by atoms with E-state index in [2.05, 4.69) is 12.8 Å². The van der Waals surface area contributed by atoms with Crippen molar-refractivity contribution in [3.05, 3.63) is 29.8 Å². The predicted molar refractivity (Wildman–Crippen MR) is 98.3 cm³/mol. The second kappa shape index (κ2) is 7.26. The van der Waals surface area contributed by atoms with Crippen LogP contribution in [-0.2, 0) is 16.3 Å². The highest BCUT2D eigenvalue weighted by molar-refractivity contribution is 8.07. The summed E-state index contributed by atoms with van der Waals surface area (Å²) in [6.07, 6.45) is 11.9. The van der Waals surface area contributed by atoms with Crippen LogP contribution in [0.15, 0.2) is 24.3 Å². The molecule has 2 rings (SSSR count). The molecule has 0 aliphatic heterocycles. The van der Waals surface area contributed by atoms with E-state index >= 15 is 0 Å². The largest absolute Gasteiger partial charge is 0.385 e. The normalized spacial score (nSPS) is 19.0. The van der Waals surface area contributed by atoms with Gasteiger partial charge in [0, 0.05) is 6.42 Å². The Balaban J connectivity index is 2.23. The van der Waals surface area contributed by atoms with Gasteiger partial charge in [-0.2, -0.15) is 4.21 Å². The van der Waals surface area contributed by atoms with Crippen LogP contribution < -0.4 is 4.18 Å². The summed E-state index contributed by atoms with van der Waals surface area (Å²) in [6, 6.07) is 7.00. The van der Waals surface area contributed by atoms with Crippen LogP contribution in [0.25, 0.3) is 0 Å². The fourth-order valence-electron chi connectivity index (χ4n) is 3.39. The second-order valence-corrected chi connectivity index (χ2v) is 9.38. The molecule has 1 aromatic carbocycles. The molecule has 5 heteroatoms. The van der Waals surface area contributed by atoms with Gasteiger partial charge < -0.3 is 4.18 Å². The van der Waals surface area contributed by atoms with Crippen molar-refractivity contribution in [3.63, 3.8) is 0 Å². The van der Waals surface area contributed by atoms with Gasteiger partial charge in [0.1, 0.15) is 10.5 Å². The number of terminal acetylenes is 1. The average molecular weight is 352 g/mol. The van der Waals surface area contributed by atoms with E-state index in [0.29, 0.717) is 12.8 Å². The number of hydrogen-bond acceptors (Lipinski definition) is 2. The molecular formula is C19H28O4S. The molecule has 1 aliphatic rings. The highest BCUT2D eigenvalue weighted by atomic mass is 32.3. The zero-order chi connectivity index (χ0) is 17.7. The molecule has 0 atom stereocenters. The molecule has 1 fully saturated rings. The van der Waals surface area contributed by atoms with Crippen molar-refractivity contribution in [2.45, 2.75) is 69.5 Å². The van der Waals surface area contributed by atoms with E-state index in [1.165, 1.54) is 0 Å². The molecule has 4 nitrogen and oxygen atoms in total. The highest BCUT2D eigenvalue weighted by Gasteiger charge is 2.56. The first kappa shape index (κ1) is 19.0. The van der Waals surface area contributed by atoms with E-state index < -0.39 is 14.7 Å².